The zero-order chi connectivity index (χ0) is 26.0. The van der Waals surface area contributed by atoms with Gasteiger partial charge in [-0.05, 0) is 29.8 Å². The first-order valence-corrected chi connectivity index (χ1v) is 11.8. The van der Waals surface area contributed by atoms with Crippen molar-refractivity contribution >= 4 is 52.3 Å². The molecule has 0 spiro atoms. The summed E-state index contributed by atoms with van der Waals surface area (Å²) >= 11 is 5.92. The maximum Gasteiger partial charge on any atom is 0.270 e. The third-order valence-electron chi connectivity index (χ3n) is 7.19. The molecule has 2 fully saturated rings. The van der Waals surface area contributed by atoms with E-state index < -0.39 is 52.3 Å². The molecular weight excluding hydrogens is 501 g/mol. The van der Waals surface area contributed by atoms with Gasteiger partial charge in [0.2, 0.25) is 11.8 Å². The zero-order valence-corrected chi connectivity index (χ0v) is 19.7. The van der Waals surface area contributed by atoms with Gasteiger partial charge in [0.25, 0.3) is 5.69 Å². The Morgan fingerprint density at radius 3 is 2.49 bits per heavy atom. The Kier molecular flexibility index (Phi) is 5.20. The summed E-state index contributed by atoms with van der Waals surface area (Å²) in [5.41, 5.74) is 1.42. The number of para-hydroxylation sites is 1. The van der Waals surface area contributed by atoms with E-state index in [1.807, 2.05) is 24.3 Å². The van der Waals surface area contributed by atoms with Crippen molar-refractivity contribution in [3.05, 3.63) is 105 Å². The van der Waals surface area contributed by atoms with Gasteiger partial charge in [0, 0.05) is 23.4 Å². The number of nitrogens with zero attached hydrogens (tertiary/aromatic N) is 3. The average Bonchev–Trinajstić information content (AvgIpc) is 3.38. The van der Waals surface area contributed by atoms with Crippen LogP contribution in [0.2, 0.25) is 5.02 Å². The van der Waals surface area contributed by atoms with Gasteiger partial charge in [-0.1, -0.05) is 54.1 Å². The second kappa shape index (κ2) is 8.35. The van der Waals surface area contributed by atoms with Gasteiger partial charge in [-0.2, -0.15) is 0 Å². The molecule has 3 aromatic carbocycles. The molecule has 0 aliphatic carbocycles. The molecule has 6 rings (SSSR count). The van der Waals surface area contributed by atoms with Crippen molar-refractivity contribution in [3.63, 3.8) is 0 Å². The van der Waals surface area contributed by atoms with Crippen molar-refractivity contribution in [1.29, 1.82) is 0 Å². The third kappa shape index (κ3) is 3.38. The van der Waals surface area contributed by atoms with E-state index in [4.69, 9.17) is 11.6 Å². The number of nitro benzene ring substituents is 1. The number of Topliss-reactive ketones (excluding diaryl/α,β-unsaturated/α-hetero) is 1. The average molecular weight is 518 g/mol. The van der Waals surface area contributed by atoms with Gasteiger partial charge in [-0.15, -0.1) is 0 Å². The lowest BCUT2D eigenvalue weighted by Crippen LogP contribution is -2.48. The number of imide groups is 1. The van der Waals surface area contributed by atoms with Gasteiger partial charge in [-0.25, -0.2) is 9.29 Å². The Labute approximate surface area is 214 Å². The van der Waals surface area contributed by atoms with Crippen LogP contribution in [0.5, 0.6) is 0 Å². The number of benzene rings is 3. The standard InChI is InChI=1S/C27H17ClFN3O5/c28-18-13-16(9-10-19(18)29)30-26(34)22-21-11-8-14-4-1-2-7-20(14)31(21)24(23(22)27(30)35)25(33)15-5-3-6-17(12-15)32(36)37/h1-13,21-24H/t21-,22+,23-,24+/m1/s1. The molecule has 3 aliphatic rings. The van der Waals surface area contributed by atoms with Gasteiger partial charge < -0.3 is 4.90 Å². The molecule has 37 heavy (non-hydrogen) atoms. The molecule has 4 atom stereocenters. The van der Waals surface area contributed by atoms with Crippen LogP contribution in [0.15, 0.2) is 72.8 Å². The van der Waals surface area contributed by atoms with E-state index in [1.54, 1.807) is 17.0 Å². The van der Waals surface area contributed by atoms with Crippen LogP contribution in [0.25, 0.3) is 6.08 Å². The van der Waals surface area contributed by atoms with Gasteiger partial charge in [0.15, 0.2) is 5.78 Å². The van der Waals surface area contributed by atoms with Crippen molar-refractivity contribution in [1.82, 2.24) is 0 Å². The van der Waals surface area contributed by atoms with E-state index in [1.165, 1.54) is 36.4 Å². The molecule has 0 unspecified atom stereocenters. The van der Waals surface area contributed by atoms with Gasteiger partial charge in [-0.3, -0.25) is 24.5 Å². The summed E-state index contributed by atoms with van der Waals surface area (Å²) in [6.07, 6.45) is 3.65. The smallest absolute Gasteiger partial charge is 0.270 e. The van der Waals surface area contributed by atoms with E-state index in [9.17, 15) is 28.9 Å². The lowest BCUT2D eigenvalue weighted by Gasteiger charge is -2.36. The van der Waals surface area contributed by atoms with Crippen molar-refractivity contribution < 1.29 is 23.7 Å². The molecule has 0 N–H and O–H groups in total. The van der Waals surface area contributed by atoms with Crippen LogP contribution in [0, 0.1) is 27.8 Å². The van der Waals surface area contributed by atoms with E-state index in [0.717, 1.165) is 16.5 Å². The van der Waals surface area contributed by atoms with Crippen LogP contribution in [-0.4, -0.2) is 34.6 Å². The quantitative estimate of drug-likeness (QED) is 0.216. The molecule has 0 saturated carbocycles. The number of carbonyl (C=O) groups is 3. The number of ketones is 1. The number of hydrogen-bond acceptors (Lipinski definition) is 6. The largest absolute Gasteiger partial charge is 0.352 e. The number of anilines is 2. The summed E-state index contributed by atoms with van der Waals surface area (Å²) in [6, 6.07) is 14.5. The Morgan fingerprint density at radius 1 is 0.973 bits per heavy atom. The highest BCUT2D eigenvalue weighted by atomic mass is 35.5. The number of hydrogen-bond donors (Lipinski definition) is 0. The first kappa shape index (κ1) is 23.1. The topological polar surface area (TPSA) is 101 Å². The molecule has 3 aliphatic heterocycles. The third-order valence-corrected chi connectivity index (χ3v) is 7.48. The van der Waals surface area contributed by atoms with E-state index in [0.29, 0.717) is 5.69 Å². The van der Waals surface area contributed by atoms with Gasteiger partial charge in [0.05, 0.1) is 33.5 Å². The molecule has 10 heteroatoms. The van der Waals surface area contributed by atoms with Crippen molar-refractivity contribution in [2.75, 3.05) is 9.80 Å². The molecule has 2 saturated heterocycles. The number of rotatable bonds is 4. The molecule has 0 radical (unpaired) electrons. The minimum atomic E-state index is -1.10. The lowest BCUT2D eigenvalue weighted by atomic mass is 9.86. The molecule has 184 valence electrons. The number of carbonyl (C=O) groups excluding carboxylic acids is 3. The SMILES string of the molecule is O=C(c1cccc([N+](=O)[O-])c1)[C@@H]1[C@@H]2C(=O)N(c3ccc(F)c(Cl)c3)C(=O)[C@H]2[C@H]2C=Cc3ccccc3N21. The van der Waals surface area contributed by atoms with Crippen LogP contribution in [0.4, 0.5) is 21.5 Å². The first-order chi connectivity index (χ1) is 17.8. The summed E-state index contributed by atoms with van der Waals surface area (Å²) in [5.74, 6) is -4.29. The molecule has 8 nitrogen and oxygen atoms in total. The predicted molar refractivity (Wildman–Crippen MR) is 134 cm³/mol. The van der Waals surface area contributed by atoms with Crippen LogP contribution >= 0.6 is 11.6 Å². The molecule has 2 amide bonds. The summed E-state index contributed by atoms with van der Waals surface area (Å²) in [6.45, 7) is 0. The number of amides is 2. The highest BCUT2D eigenvalue weighted by Gasteiger charge is 2.64. The van der Waals surface area contributed by atoms with Crippen LogP contribution in [-0.2, 0) is 9.59 Å². The maximum absolute atomic E-state index is 14.0. The second-order valence-electron chi connectivity index (χ2n) is 9.09. The van der Waals surface area contributed by atoms with Gasteiger partial charge in [0.1, 0.15) is 11.9 Å². The predicted octanol–water partition coefficient (Wildman–Crippen LogP) is 4.66. The zero-order valence-electron chi connectivity index (χ0n) is 19.0. The Balaban J connectivity index is 1.49. The molecule has 0 aromatic heterocycles. The van der Waals surface area contributed by atoms with Gasteiger partial charge >= 0.3 is 0 Å². The number of fused-ring (bicyclic) bond motifs is 5. The Hall–Kier alpha value is -4.37. The molecule has 0 bridgehead atoms. The fraction of sp³-hybridized carbons (Fsp3) is 0.148. The van der Waals surface area contributed by atoms with Crippen molar-refractivity contribution in [3.8, 4) is 0 Å². The van der Waals surface area contributed by atoms with E-state index in [2.05, 4.69) is 0 Å². The second-order valence-corrected chi connectivity index (χ2v) is 9.50. The fourth-order valence-electron chi connectivity index (χ4n) is 5.64. The fourth-order valence-corrected chi connectivity index (χ4v) is 5.81. The Bertz CT molecular complexity index is 1560. The highest BCUT2D eigenvalue weighted by Crippen LogP contribution is 2.50. The van der Waals surface area contributed by atoms with E-state index in [-0.39, 0.29) is 22.0 Å². The van der Waals surface area contributed by atoms with Crippen LogP contribution in [0.1, 0.15) is 15.9 Å². The first-order valence-electron chi connectivity index (χ1n) is 11.4. The highest BCUT2D eigenvalue weighted by molar-refractivity contribution is 6.32. The monoisotopic (exact) mass is 517 g/mol. The normalized spacial score (nSPS) is 23.6. The summed E-state index contributed by atoms with van der Waals surface area (Å²) < 4.78 is 13.8. The lowest BCUT2D eigenvalue weighted by molar-refractivity contribution is -0.384. The number of non-ortho nitro benzene ring substituents is 1. The number of halogens is 2. The minimum absolute atomic E-state index is 0.0640. The number of nitro groups is 1. The Morgan fingerprint density at radius 2 is 1.73 bits per heavy atom. The van der Waals surface area contributed by atoms with E-state index >= 15 is 0 Å². The summed E-state index contributed by atoms with van der Waals surface area (Å²) in [5, 5.41) is 11.1. The molecule has 3 aromatic rings. The maximum atomic E-state index is 14.0. The minimum Gasteiger partial charge on any atom is -0.352 e. The molecule has 3 heterocycles. The van der Waals surface area contributed by atoms with Crippen molar-refractivity contribution in [2.24, 2.45) is 11.8 Å². The van der Waals surface area contributed by atoms with Crippen LogP contribution < -0.4 is 9.80 Å². The molecular formula is C27H17ClFN3O5. The van der Waals surface area contributed by atoms with Crippen molar-refractivity contribution in [2.45, 2.75) is 12.1 Å². The summed E-state index contributed by atoms with van der Waals surface area (Å²) in [4.78, 5) is 55.0. The summed E-state index contributed by atoms with van der Waals surface area (Å²) in [7, 11) is 0. The van der Waals surface area contributed by atoms with Crippen LogP contribution in [0.3, 0.4) is 0 Å².